The molecule has 196 valence electrons. The predicted molar refractivity (Wildman–Crippen MR) is 144 cm³/mol. The number of carbonyl (C=O) groups excluding carboxylic acids is 1. The maximum Gasteiger partial charge on any atom is 0.243 e. The number of nitrogens with zero attached hydrogens (tertiary/aromatic N) is 1. The molecule has 0 aromatic heterocycles. The molecule has 7 heteroatoms. The number of nitrogens with one attached hydrogen (secondary N) is 1. The van der Waals surface area contributed by atoms with Gasteiger partial charge in [0.15, 0.2) is 0 Å². The molecule has 4 rings (SSSR count). The van der Waals surface area contributed by atoms with Crippen molar-refractivity contribution in [2.75, 3.05) is 6.54 Å². The summed E-state index contributed by atoms with van der Waals surface area (Å²) >= 11 is 0. The van der Waals surface area contributed by atoms with Gasteiger partial charge in [0.25, 0.3) is 0 Å². The Balaban J connectivity index is 1.39. The lowest BCUT2D eigenvalue weighted by Gasteiger charge is -2.33. The third-order valence-corrected chi connectivity index (χ3v) is 8.95. The Hall–Kier alpha value is -3.03. The van der Waals surface area contributed by atoms with E-state index in [1.54, 1.807) is 6.92 Å². The Morgan fingerprint density at radius 3 is 2.24 bits per heavy atom. The second-order valence-electron chi connectivity index (χ2n) is 10.1. The van der Waals surface area contributed by atoms with E-state index in [0.29, 0.717) is 18.5 Å². The van der Waals surface area contributed by atoms with Crippen LogP contribution in [0.15, 0.2) is 77.7 Å². The summed E-state index contributed by atoms with van der Waals surface area (Å²) in [4.78, 5) is 12.5. The van der Waals surface area contributed by atoms with Gasteiger partial charge >= 0.3 is 0 Å². The van der Waals surface area contributed by atoms with Crippen LogP contribution in [0.2, 0.25) is 0 Å². The average molecular weight is 523 g/mol. The molecule has 3 aromatic rings. The smallest absolute Gasteiger partial charge is 0.243 e. The van der Waals surface area contributed by atoms with Crippen LogP contribution < -0.4 is 5.32 Å². The summed E-state index contributed by atoms with van der Waals surface area (Å²) in [6, 6.07) is 21.6. The van der Waals surface area contributed by atoms with E-state index in [4.69, 9.17) is 0 Å². The molecule has 0 spiro atoms. The standard InChI is InChI=1S/C30H35FN2O3S/c1-22-8-11-24(12-9-22)18-30(34)32-27-15-13-26(14-16-27)21-33(20-25-6-4-3-5-7-25)37(35,36)28-17-10-23(2)29(31)19-28/h3-12,17,19,26-27H,13-16,18,20-21H2,1-2H3,(H,32,34). The topological polar surface area (TPSA) is 66.5 Å². The fraction of sp³-hybridized carbons (Fsp3) is 0.367. The first-order chi connectivity index (χ1) is 17.7. The molecular formula is C30H35FN2O3S. The number of aryl methyl sites for hydroxylation is 2. The van der Waals surface area contributed by atoms with Crippen molar-refractivity contribution in [3.05, 3.63) is 101 Å². The molecule has 1 fully saturated rings. The second kappa shape index (κ2) is 12.0. The van der Waals surface area contributed by atoms with Crippen LogP contribution in [0.5, 0.6) is 0 Å². The zero-order chi connectivity index (χ0) is 26.4. The van der Waals surface area contributed by atoms with E-state index in [0.717, 1.165) is 42.9 Å². The number of hydrogen-bond donors (Lipinski definition) is 1. The van der Waals surface area contributed by atoms with Gasteiger partial charge in [-0.05, 0) is 74.3 Å². The van der Waals surface area contributed by atoms with E-state index in [-0.39, 0.29) is 29.3 Å². The Morgan fingerprint density at radius 2 is 1.59 bits per heavy atom. The van der Waals surface area contributed by atoms with E-state index >= 15 is 0 Å². The highest BCUT2D eigenvalue weighted by Gasteiger charge is 2.30. The number of hydrogen-bond acceptors (Lipinski definition) is 3. The van der Waals surface area contributed by atoms with Gasteiger partial charge in [0, 0.05) is 19.1 Å². The molecule has 1 aliphatic rings. The Morgan fingerprint density at radius 1 is 0.919 bits per heavy atom. The Bertz CT molecular complexity index is 1300. The molecule has 1 aliphatic carbocycles. The van der Waals surface area contributed by atoms with Gasteiger partial charge < -0.3 is 5.32 Å². The number of benzene rings is 3. The molecule has 1 N–H and O–H groups in total. The molecule has 0 radical (unpaired) electrons. The molecule has 0 atom stereocenters. The lowest BCUT2D eigenvalue weighted by molar-refractivity contribution is -0.121. The third kappa shape index (κ3) is 7.27. The van der Waals surface area contributed by atoms with Crippen molar-refractivity contribution >= 4 is 15.9 Å². The van der Waals surface area contributed by atoms with Crippen LogP contribution in [-0.2, 0) is 27.8 Å². The maximum atomic E-state index is 14.2. The molecule has 0 unspecified atom stereocenters. The highest BCUT2D eigenvalue weighted by atomic mass is 32.2. The molecule has 0 saturated heterocycles. The second-order valence-corrected chi connectivity index (χ2v) is 12.1. The molecule has 0 aliphatic heterocycles. The summed E-state index contributed by atoms with van der Waals surface area (Å²) in [6.07, 6.45) is 3.61. The number of halogens is 1. The fourth-order valence-electron chi connectivity index (χ4n) is 4.87. The van der Waals surface area contributed by atoms with Gasteiger partial charge in [-0.3, -0.25) is 4.79 Å². The predicted octanol–water partition coefficient (Wildman–Crippen LogP) is 5.55. The Labute approximate surface area is 219 Å². The summed E-state index contributed by atoms with van der Waals surface area (Å²) in [6.45, 7) is 4.22. The van der Waals surface area contributed by atoms with Crippen molar-refractivity contribution in [1.82, 2.24) is 9.62 Å². The number of sulfonamides is 1. The average Bonchev–Trinajstić information content (AvgIpc) is 2.88. The van der Waals surface area contributed by atoms with Crippen LogP contribution in [0, 0.1) is 25.6 Å². The number of rotatable bonds is 9. The molecule has 0 heterocycles. The molecular weight excluding hydrogens is 487 g/mol. The van der Waals surface area contributed by atoms with Gasteiger partial charge in [-0.1, -0.05) is 66.2 Å². The number of carbonyl (C=O) groups is 1. The summed E-state index contributed by atoms with van der Waals surface area (Å²) in [5.41, 5.74) is 3.46. The van der Waals surface area contributed by atoms with E-state index in [9.17, 15) is 17.6 Å². The van der Waals surface area contributed by atoms with E-state index in [1.165, 1.54) is 22.0 Å². The monoisotopic (exact) mass is 522 g/mol. The van der Waals surface area contributed by atoms with Crippen LogP contribution in [-0.4, -0.2) is 31.2 Å². The SMILES string of the molecule is Cc1ccc(CC(=O)NC2CCC(CN(Cc3ccccc3)S(=O)(=O)c3ccc(C)c(F)c3)CC2)cc1. The van der Waals surface area contributed by atoms with Crippen LogP contribution >= 0.6 is 0 Å². The molecule has 5 nitrogen and oxygen atoms in total. The van der Waals surface area contributed by atoms with Crippen LogP contribution in [0.1, 0.15) is 47.9 Å². The molecule has 0 bridgehead atoms. The molecule has 3 aromatic carbocycles. The van der Waals surface area contributed by atoms with Crippen LogP contribution in [0.3, 0.4) is 0 Å². The molecule has 37 heavy (non-hydrogen) atoms. The van der Waals surface area contributed by atoms with Crippen molar-refractivity contribution in [3.8, 4) is 0 Å². The van der Waals surface area contributed by atoms with E-state index < -0.39 is 15.8 Å². The first kappa shape index (κ1) is 27.0. The minimum absolute atomic E-state index is 0.0157. The van der Waals surface area contributed by atoms with Gasteiger partial charge in [-0.25, -0.2) is 12.8 Å². The summed E-state index contributed by atoms with van der Waals surface area (Å²) < 4.78 is 42.9. The largest absolute Gasteiger partial charge is 0.353 e. The van der Waals surface area contributed by atoms with Gasteiger partial charge in [-0.15, -0.1) is 0 Å². The van der Waals surface area contributed by atoms with Crippen molar-refractivity contribution in [2.45, 2.75) is 63.4 Å². The normalized spacial score (nSPS) is 18.1. The van der Waals surface area contributed by atoms with Gasteiger partial charge in [0.05, 0.1) is 11.3 Å². The maximum absolute atomic E-state index is 14.2. The van der Waals surface area contributed by atoms with Crippen molar-refractivity contribution in [2.24, 2.45) is 5.92 Å². The van der Waals surface area contributed by atoms with E-state index in [2.05, 4.69) is 5.32 Å². The van der Waals surface area contributed by atoms with E-state index in [1.807, 2.05) is 61.5 Å². The van der Waals surface area contributed by atoms with Crippen molar-refractivity contribution in [1.29, 1.82) is 0 Å². The molecule has 1 saturated carbocycles. The first-order valence-corrected chi connectivity index (χ1v) is 14.3. The zero-order valence-electron chi connectivity index (χ0n) is 21.5. The lowest BCUT2D eigenvalue weighted by Crippen LogP contribution is -2.41. The summed E-state index contributed by atoms with van der Waals surface area (Å²) in [5.74, 6) is -0.344. The minimum atomic E-state index is -3.88. The van der Waals surface area contributed by atoms with Gasteiger partial charge in [-0.2, -0.15) is 4.31 Å². The fourth-order valence-corrected chi connectivity index (χ4v) is 6.38. The van der Waals surface area contributed by atoms with Crippen molar-refractivity contribution in [3.63, 3.8) is 0 Å². The first-order valence-electron chi connectivity index (χ1n) is 12.9. The summed E-state index contributed by atoms with van der Waals surface area (Å²) in [5, 5.41) is 3.15. The minimum Gasteiger partial charge on any atom is -0.353 e. The van der Waals surface area contributed by atoms with Gasteiger partial charge in [0.1, 0.15) is 5.82 Å². The summed E-state index contributed by atoms with van der Waals surface area (Å²) in [7, 11) is -3.88. The lowest BCUT2D eigenvalue weighted by atomic mass is 9.86. The zero-order valence-corrected chi connectivity index (χ0v) is 22.3. The van der Waals surface area contributed by atoms with Crippen LogP contribution in [0.25, 0.3) is 0 Å². The van der Waals surface area contributed by atoms with Crippen molar-refractivity contribution < 1.29 is 17.6 Å². The number of amides is 1. The Kier molecular flexibility index (Phi) is 8.77. The van der Waals surface area contributed by atoms with Crippen LogP contribution in [0.4, 0.5) is 4.39 Å². The highest BCUT2D eigenvalue weighted by Crippen LogP contribution is 2.29. The third-order valence-electron chi connectivity index (χ3n) is 7.14. The molecule has 1 amide bonds. The highest BCUT2D eigenvalue weighted by molar-refractivity contribution is 7.89. The van der Waals surface area contributed by atoms with Gasteiger partial charge in [0.2, 0.25) is 15.9 Å². The quantitative estimate of drug-likeness (QED) is 0.401.